The van der Waals surface area contributed by atoms with E-state index in [-0.39, 0.29) is 5.57 Å². The lowest BCUT2D eigenvalue weighted by atomic mass is 10.1. The number of amides is 3. The van der Waals surface area contributed by atoms with Crippen LogP contribution in [0, 0.1) is 18.3 Å². The predicted molar refractivity (Wildman–Crippen MR) is 111 cm³/mol. The number of hydrogen-bond donors (Lipinski definition) is 2. The van der Waals surface area contributed by atoms with Gasteiger partial charge >= 0.3 is 6.03 Å². The molecule has 0 aliphatic rings. The number of urea groups is 1. The third kappa shape index (κ3) is 3.97. The number of nitriles is 1. The Bertz CT molecular complexity index is 1140. The summed E-state index contributed by atoms with van der Waals surface area (Å²) in [6.45, 7) is 2.58. The van der Waals surface area contributed by atoms with Gasteiger partial charge in [0.15, 0.2) is 0 Å². The van der Waals surface area contributed by atoms with E-state index in [0.29, 0.717) is 6.54 Å². The van der Waals surface area contributed by atoms with Crippen molar-refractivity contribution < 1.29 is 9.59 Å². The van der Waals surface area contributed by atoms with Crippen molar-refractivity contribution in [3.63, 3.8) is 0 Å². The van der Waals surface area contributed by atoms with Gasteiger partial charge in [-0.3, -0.25) is 10.1 Å². The summed E-state index contributed by atoms with van der Waals surface area (Å²) < 4.78 is 3.14. The minimum Gasteiger partial charge on any atom is -0.351 e. The molecule has 0 bridgehead atoms. The maximum Gasteiger partial charge on any atom is 0.319 e. The quantitative estimate of drug-likeness (QED) is 0.479. The van der Waals surface area contributed by atoms with Crippen LogP contribution in [0.15, 0.2) is 58.6 Å². The van der Waals surface area contributed by atoms with Gasteiger partial charge in [-0.15, -0.1) is 0 Å². The number of benzene rings is 2. The molecule has 140 valence electrons. The van der Waals surface area contributed by atoms with Gasteiger partial charge in [-0.2, -0.15) is 5.26 Å². The van der Waals surface area contributed by atoms with Crippen LogP contribution in [0.1, 0.15) is 16.8 Å². The molecular weight excluding hydrogens is 420 g/mol. The summed E-state index contributed by atoms with van der Waals surface area (Å²) in [5.74, 6) is -0.820. The Labute approximate surface area is 170 Å². The van der Waals surface area contributed by atoms with E-state index in [1.165, 1.54) is 6.08 Å². The molecule has 0 fully saturated rings. The van der Waals surface area contributed by atoms with Gasteiger partial charge in [0.05, 0.1) is 0 Å². The monoisotopic (exact) mass is 436 g/mol. The molecule has 3 aromatic rings. The number of nitrogens with two attached hydrogens (primary N) is 1. The van der Waals surface area contributed by atoms with Gasteiger partial charge in [0, 0.05) is 33.2 Å². The number of para-hydroxylation sites is 1. The van der Waals surface area contributed by atoms with E-state index in [0.717, 1.165) is 32.2 Å². The lowest BCUT2D eigenvalue weighted by Crippen LogP contribution is -2.35. The SMILES string of the molecule is Cc1c(/C=C(/C#N)C(=O)NC(N)=O)c2ccccc2n1Cc1ccc(Br)cc1. The molecule has 3 rings (SSSR count). The number of nitrogens with zero attached hydrogens (tertiary/aromatic N) is 2. The molecular formula is C21H17BrN4O2. The maximum absolute atomic E-state index is 12.1. The number of carbonyl (C=O) groups is 2. The number of primary amides is 1. The summed E-state index contributed by atoms with van der Waals surface area (Å²) in [6, 6.07) is 16.7. The Morgan fingerprint density at radius 3 is 2.54 bits per heavy atom. The van der Waals surface area contributed by atoms with E-state index in [1.807, 2.05) is 66.8 Å². The van der Waals surface area contributed by atoms with Gasteiger partial charge in [-0.25, -0.2) is 4.79 Å². The molecule has 6 nitrogen and oxygen atoms in total. The minimum atomic E-state index is -1.000. The normalized spacial score (nSPS) is 11.2. The summed E-state index contributed by atoms with van der Waals surface area (Å²) in [5.41, 5.74) is 8.57. The molecule has 0 atom stereocenters. The maximum atomic E-state index is 12.1. The second-order valence-corrected chi connectivity index (χ2v) is 7.13. The molecule has 0 saturated heterocycles. The fourth-order valence-electron chi connectivity index (χ4n) is 3.09. The first-order valence-electron chi connectivity index (χ1n) is 8.45. The highest BCUT2D eigenvalue weighted by atomic mass is 79.9. The number of aromatic nitrogens is 1. The summed E-state index contributed by atoms with van der Waals surface area (Å²) in [7, 11) is 0. The summed E-state index contributed by atoms with van der Waals surface area (Å²) in [5, 5.41) is 12.2. The molecule has 28 heavy (non-hydrogen) atoms. The predicted octanol–water partition coefficient (Wildman–Crippen LogP) is 3.86. The number of rotatable bonds is 4. The molecule has 1 heterocycles. The fraction of sp³-hybridized carbons (Fsp3) is 0.0952. The number of halogens is 1. The third-order valence-electron chi connectivity index (χ3n) is 4.42. The standard InChI is InChI=1S/C21H17BrN4O2/c1-13-18(10-15(11-23)20(27)25-21(24)28)17-4-2-3-5-19(17)26(13)12-14-6-8-16(22)9-7-14/h2-10H,12H2,1H3,(H3,24,25,27,28)/b15-10-. The van der Waals surface area contributed by atoms with Crippen molar-refractivity contribution in [2.45, 2.75) is 13.5 Å². The molecule has 7 heteroatoms. The van der Waals surface area contributed by atoms with Crippen LogP contribution in [0.3, 0.4) is 0 Å². The summed E-state index contributed by atoms with van der Waals surface area (Å²) >= 11 is 3.44. The summed E-state index contributed by atoms with van der Waals surface area (Å²) in [4.78, 5) is 23.0. The van der Waals surface area contributed by atoms with E-state index >= 15 is 0 Å². The average molecular weight is 437 g/mol. The Kier molecular flexibility index (Phi) is 5.62. The van der Waals surface area contributed by atoms with E-state index in [2.05, 4.69) is 20.5 Å². The number of fused-ring (bicyclic) bond motifs is 1. The highest BCUT2D eigenvalue weighted by Gasteiger charge is 2.16. The van der Waals surface area contributed by atoms with Crippen LogP contribution in [-0.4, -0.2) is 16.5 Å². The van der Waals surface area contributed by atoms with Crippen LogP contribution >= 0.6 is 15.9 Å². The van der Waals surface area contributed by atoms with Crippen molar-refractivity contribution in [1.29, 1.82) is 5.26 Å². The van der Waals surface area contributed by atoms with Crippen LogP contribution in [-0.2, 0) is 11.3 Å². The first-order chi connectivity index (χ1) is 13.4. The van der Waals surface area contributed by atoms with Crippen molar-refractivity contribution >= 4 is 44.8 Å². The highest BCUT2D eigenvalue weighted by molar-refractivity contribution is 9.10. The van der Waals surface area contributed by atoms with Gasteiger partial charge in [0.1, 0.15) is 11.6 Å². The molecule has 0 unspecified atom stereocenters. The fourth-order valence-corrected chi connectivity index (χ4v) is 3.35. The molecule has 2 aromatic carbocycles. The number of hydrogen-bond acceptors (Lipinski definition) is 3. The number of imide groups is 1. The Morgan fingerprint density at radius 1 is 1.21 bits per heavy atom. The molecule has 3 amide bonds. The molecule has 1 aromatic heterocycles. The van der Waals surface area contributed by atoms with Crippen LogP contribution in [0.25, 0.3) is 17.0 Å². The second-order valence-electron chi connectivity index (χ2n) is 6.22. The van der Waals surface area contributed by atoms with Gasteiger partial charge in [-0.05, 0) is 36.8 Å². The Hall–Kier alpha value is -3.37. The van der Waals surface area contributed by atoms with Gasteiger partial charge in [-0.1, -0.05) is 46.3 Å². The topological polar surface area (TPSA) is 101 Å². The zero-order valence-corrected chi connectivity index (χ0v) is 16.7. The first kappa shape index (κ1) is 19.4. The van der Waals surface area contributed by atoms with Crippen molar-refractivity contribution in [3.05, 3.63) is 75.4 Å². The second kappa shape index (κ2) is 8.11. The van der Waals surface area contributed by atoms with E-state index in [9.17, 15) is 14.9 Å². The Morgan fingerprint density at radius 2 is 1.89 bits per heavy atom. The van der Waals surface area contributed by atoms with Crippen LogP contribution < -0.4 is 11.1 Å². The molecule has 0 saturated carbocycles. The minimum absolute atomic E-state index is 0.187. The molecule has 0 radical (unpaired) electrons. The van der Waals surface area contributed by atoms with Crippen molar-refractivity contribution in [3.8, 4) is 6.07 Å². The first-order valence-corrected chi connectivity index (χ1v) is 9.25. The Balaban J connectivity index is 2.11. The van der Waals surface area contributed by atoms with Gasteiger partial charge < -0.3 is 10.3 Å². The summed E-state index contributed by atoms with van der Waals surface area (Å²) in [6.07, 6.45) is 1.49. The molecule has 0 aliphatic carbocycles. The van der Waals surface area contributed by atoms with Crippen LogP contribution in [0.5, 0.6) is 0 Å². The van der Waals surface area contributed by atoms with Crippen molar-refractivity contribution in [2.24, 2.45) is 5.73 Å². The molecule has 3 N–H and O–H groups in total. The van der Waals surface area contributed by atoms with E-state index in [4.69, 9.17) is 5.73 Å². The number of carbonyl (C=O) groups excluding carboxylic acids is 2. The van der Waals surface area contributed by atoms with Gasteiger partial charge in [0.25, 0.3) is 5.91 Å². The lowest BCUT2D eigenvalue weighted by molar-refractivity contribution is -0.115. The van der Waals surface area contributed by atoms with Crippen LogP contribution in [0.2, 0.25) is 0 Å². The van der Waals surface area contributed by atoms with E-state index in [1.54, 1.807) is 0 Å². The highest BCUT2D eigenvalue weighted by Crippen LogP contribution is 2.29. The average Bonchev–Trinajstić information content (AvgIpc) is 2.92. The smallest absolute Gasteiger partial charge is 0.319 e. The number of nitrogens with one attached hydrogen (secondary N) is 1. The van der Waals surface area contributed by atoms with Crippen molar-refractivity contribution in [1.82, 2.24) is 9.88 Å². The van der Waals surface area contributed by atoms with Gasteiger partial charge in [0.2, 0.25) is 0 Å². The molecule has 0 aliphatic heterocycles. The zero-order valence-electron chi connectivity index (χ0n) is 15.1. The van der Waals surface area contributed by atoms with Crippen LogP contribution in [0.4, 0.5) is 4.79 Å². The zero-order chi connectivity index (χ0) is 20.3. The largest absolute Gasteiger partial charge is 0.351 e. The van der Waals surface area contributed by atoms with Crippen molar-refractivity contribution in [2.75, 3.05) is 0 Å². The third-order valence-corrected chi connectivity index (χ3v) is 4.95. The molecule has 0 spiro atoms. The lowest BCUT2D eigenvalue weighted by Gasteiger charge is -2.09. The van der Waals surface area contributed by atoms with E-state index < -0.39 is 11.9 Å².